The van der Waals surface area contributed by atoms with E-state index in [0.29, 0.717) is 5.69 Å². The fourth-order valence-electron chi connectivity index (χ4n) is 2.84. The third-order valence-corrected chi connectivity index (χ3v) is 4.35. The molecule has 23 heavy (non-hydrogen) atoms. The molecule has 3 rings (SSSR count). The topological polar surface area (TPSA) is 49.4 Å². The van der Waals surface area contributed by atoms with Crippen molar-refractivity contribution in [1.29, 1.82) is 0 Å². The summed E-state index contributed by atoms with van der Waals surface area (Å²) in [6, 6.07) is 12.9. The van der Waals surface area contributed by atoms with Crippen LogP contribution in [0.3, 0.4) is 0 Å². The van der Waals surface area contributed by atoms with Crippen molar-refractivity contribution in [3.8, 4) is 0 Å². The molecule has 1 N–H and O–H groups in total. The average Bonchev–Trinajstić information content (AvgIpc) is 2.78. The van der Waals surface area contributed by atoms with Crippen LogP contribution < -0.4 is 10.2 Å². The van der Waals surface area contributed by atoms with Gasteiger partial charge in [0.05, 0.1) is 12.1 Å². The van der Waals surface area contributed by atoms with Gasteiger partial charge >= 0.3 is 0 Å². The Balaban J connectivity index is 1.84. The molecule has 1 aliphatic heterocycles. The number of para-hydroxylation sites is 1. The zero-order valence-corrected chi connectivity index (χ0v) is 13.6. The SMILES string of the molecule is Cc1ccc(N[C@H]2CC(=O)N(c3ccccc3C)C2=O)cc1C. The first-order valence-electron chi connectivity index (χ1n) is 7.73. The maximum atomic E-state index is 12.7. The van der Waals surface area contributed by atoms with Crippen LogP contribution in [0.4, 0.5) is 11.4 Å². The molecule has 1 heterocycles. The predicted molar refractivity (Wildman–Crippen MR) is 91.6 cm³/mol. The van der Waals surface area contributed by atoms with Gasteiger partial charge in [-0.1, -0.05) is 24.3 Å². The van der Waals surface area contributed by atoms with Gasteiger partial charge in [-0.2, -0.15) is 0 Å². The summed E-state index contributed by atoms with van der Waals surface area (Å²) in [5, 5.41) is 3.20. The quantitative estimate of drug-likeness (QED) is 0.885. The molecular formula is C19H20N2O2. The molecule has 118 valence electrons. The Morgan fingerprint density at radius 2 is 1.70 bits per heavy atom. The zero-order chi connectivity index (χ0) is 16.6. The molecule has 2 amide bonds. The largest absolute Gasteiger partial charge is 0.373 e. The van der Waals surface area contributed by atoms with Crippen molar-refractivity contribution in [2.45, 2.75) is 33.2 Å². The van der Waals surface area contributed by atoms with Crippen LogP contribution in [0.15, 0.2) is 42.5 Å². The van der Waals surface area contributed by atoms with E-state index in [-0.39, 0.29) is 18.2 Å². The Bertz CT molecular complexity index is 783. The molecule has 0 spiro atoms. The van der Waals surface area contributed by atoms with Gasteiger partial charge in [0.25, 0.3) is 5.91 Å². The molecular weight excluding hydrogens is 288 g/mol. The van der Waals surface area contributed by atoms with Crippen LogP contribution in [0, 0.1) is 20.8 Å². The van der Waals surface area contributed by atoms with Gasteiger partial charge in [-0.3, -0.25) is 9.59 Å². The molecule has 0 saturated carbocycles. The van der Waals surface area contributed by atoms with Crippen molar-refractivity contribution in [2.75, 3.05) is 10.2 Å². The highest BCUT2D eigenvalue weighted by Gasteiger charge is 2.40. The van der Waals surface area contributed by atoms with Crippen LogP contribution in [0.2, 0.25) is 0 Å². The summed E-state index contributed by atoms with van der Waals surface area (Å²) in [6.07, 6.45) is 0.181. The highest BCUT2D eigenvalue weighted by Crippen LogP contribution is 2.27. The molecule has 4 nitrogen and oxygen atoms in total. The molecule has 1 saturated heterocycles. The molecule has 4 heteroatoms. The summed E-state index contributed by atoms with van der Waals surface area (Å²) >= 11 is 0. The summed E-state index contributed by atoms with van der Waals surface area (Å²) in [4.78, 5) is 26.3. The van der Waals surface area contributed by atoms with Gasteiger partial charge in [0.2, 0.25) is 5.91 Å². The Labute approximate surface area is 136 Å². The fourth-order valence-corrected chi connectivity index (χ4v) is 2.84. The summed E-state index contributed by atoms with van der Waals surface area (Å²) in [7, 11) is 0. The molecule has 0 unspecified atom stereocenters. The zero-order valence-electron chi connectivity index (χ0n) is 13.6. The van der Waals surface area contributed by atoms with E-state index in [9.17, 15) is 9.59 Å². The standard InChI is InChI=1S/C19H20N2O2/c1-12-8-9-15(10-14(12)3)20-16-11-18(22)21(19(16)23)17-7-5-4-6-13(17)2/h4-10,16,20H,11H2,1-3H3/t16-/m0/s1. The number of nitrogens with zero attached hydrogens (tertiary/aromatic N) is 1. The monoisotopic (exact) mass is 308 g/mol. The Kier molecular flexibility index (Phi) is 3.90. The van der Waals surface area contributed by atoms with E-state index in [2.05, 4.69) is 5.32 Å². The van der Waals surface area contributed by atoms with Gasteiger partial charge < -0.3 is 5.32 Å². The second-order valence-corrected chi connectivity index (χ2v) is 6.05. The highest BCUT2D eigenvalue weighted by molar-refractivity contribution is 6.23. The van der Waals surface area contributed by atoms with Gasteiger partial charge in [0.1, 0.15) is 6.04 Å². The third-order valence-electron chi connectivity index (χ3n) is 4.35. The van der Waals surface area contributed by atoms with E-state index in [4.69, 9.17) is 0 Å². The van der Waals surface area contributed by atoms with Crippen LogP contribution in [-0.2, 0) is 9.59 Å². The number of hydrogen-bond donors (Lipinski definition) is 1. The van der Waals surface area contributed by atoms with Crippen LogP contribution in [0.1, 0.15) is 23.1 Å². The van der Waals surface area contributed by atoms with Crippen molar-refractivity contribution >= 4 is 23.2 Å². The number of rotatable bonds is 3. The number of imide groups is 1. The van der Waals surface area contributed by atoms with Crippen molar-refractivity contribution in [1.82, 2.24) is 0 Å². The Hall–Kier alpha value is -2.62. The third kappa shape index (κ3) is 2.84. The second-order valence-electron chi connectivity index (χ2n) is 6.05. The first-order chi connectivity index (χ1) is 11.0. The van der Waals surface area contributed by atoms with E-state index < -0.39 is 6.04 Å². The van der Waals surface area contributed by atoms with Gasteiger partial charge in [-0.25, -0.2) is 4.90 Å². The van der Waals surface area contributed by atoms with Gasteiger partial charge in [-0.05, 0) is 55.7 Å². The van der Waals surface area contributed by atoms with E-state index in [1.807, 2.05) is 63.2 Å². The van der Waals surface area contributed by atoms with Crippen molar-refractivity contribution in [3.63, 3.8) is 0 Å². The Morgan fingerprint density at radius 1 is 0.957 bits per heavy atom. The van der Waals surface area contributed by atoms with Crippen LogP contribution in [-0.4, -0.2) is 17.9 Å². The number of amides is 2. The lowest BCUT2D eigenvalue weighted by Crippen LogP contribution is -2.35. The van der Waals surface area contributed by atoms with Crippen LogP contribution in [0.25, 0.3) is 0 Å². The summed E-state index contributed by atoms with van der Waals surface area (Å²) < 4.78 is 0. The number of benzene rings is 2. The normalized spacial score (nSPS) is 17.7. The lowest BCUT2D eigenvalue weighted by atomic mass is 10.1. The van der Waals surface area contributed by atoms with Gasteiger partial charge in [0, 0.05) is 5.69 Å². The lowest BCUT2D eigenvalue weighted by molar-refractivity contribution is -0.121. The first kappa shape index (κ1) is 15.3. The predicted octanol–water partition coefficient (Wildman–Crippen LogP) is 3.36. The fraction of sp³-hybridized carbons (Fsp3) is 0.263. The first-order valence-corrected chi connectivity index (χ1v) is 7.73. The van der Waals surface area contributed by atoms with Gasteiger partial charge in [-0.15, -0.1) is 0 Å². The summed E-state index contributed by atoms with van der Waals surface area (Å²) in [5.41, 5.74) is 4.81. The minimum atomic E-state index is -0.510. The number of carbonyl (C=O) groups is 2. The maximum absolute atomic E-state index is 12.7. The lowest BCUT2D eigenvalue weighted by Gasteiger charge is -2.18. The minimum Gasteiger partial charge on any atom is -0.373 e. The molecule has 1 aliphatic rings. The van der Waals surface area contributed by atoms with Crippen molar-refractivity contribution in [2.24, 2.45) is 0 Å². The summed E-state index contributed by atoms with van der Waals surface area (Å²) in [5.74, 6) is -0.354. The second kappa shape index (κ2) is 5.88. The summed E-state index contributed by atoms with van der Waals surface area (Å²) in [6.45, 7) is 5.98. The molecule has 0 aliphatic carbocycles. The van der Waals surface area contributed by atoms with E-state index >= 15 is 0 Å². The molecule has 0 aromatic heterocycles. The molecule has 1 fully saturated rings. The van der Waals surface area contributed by atoms with Crippen molar-refractivity contribution in [3.05, 3.63) is 59.2 Å². The number of anilines is 2. The van der Waals surface area contributed by atoms with Gasteiger partial charge in [0.15, 0.2) is 0 Å². The van der Waals surface area contributed by atoms with E-state index in [0.717, 1.165) is 16.8 Å². The number of nitrogens with one attached hydrogen (secondary N) is 1. The molecule has 1 atom stereocenters. The van der Waals surface area contributed by atoms with E-state index in [1.165, 1.54) is 10.5 Å². The van der Waals surface area contributed by atoms with E-state index in [1.54, 1.807) is 0 Å². The molecule has 0 radical (unpaired) electrons. The maximum Gasteiger partial charge on any atom is 0.256 e. The molecule has 2 aromatic carbocycles. The highest BCUT2D eigenvalue weighted by atomic mass is 16.2. The molecule has 0 bridgehead atoms. The van der Waals surface area contributed by atoms with Crippen LogP contribution >= 0.6 is 0 Å². The average molecular weight is 308 g/mol. The molecule has 2 aromatic rings. The number of aryl methyl sites for hydroxylation is 3. The number of carbonyl (C=O) groups excluding carboxylic acids is 2. The Morgan fingerprint density at radius 3 is 2.39 bits per heavy atom. The van der Waals surface area contributed by atoms with Crippen molar-refractivity contribution < 1.29 is 9.59 Å². The minimum absolute atomic E-state index is 0.161. The number of hydrogen-bond acceptors (Lipinski definition) is 3. The van der Waals surface area contributed by atoms with Crippen LogP contribution in [0.5, 0.6) is 0 Å². The smallest absolute Gasteiger partial charge is 0.256 e.